The van der Waals surface area contributed by atoms with Crippen LogP contribution in [0.3, 0.4) is 0 Å². The Labute approximate surface area is 135 Å². The van der Waals surface area contributed by atoms with Crippen molar-refractivity contribution in [1.29, 1.82) is 0 Å². The van der Waals surface area contributed by atoms with Gasteiger partial charge in [-0.25, -0.2) is 0 Å². The number of hydrogen-bond donors (Lipinski definition) is 1. The van der Waals surface area contributed by atoms with Crippen molar-refractivity contribution in [3.8, 4) is 5.75 Å². The van der Waals surface area contributed by atoms with Crippen molar-refractivity contribution in [1.82, 2.24) is 0 Å². The first-order valence-corrected chi connectivity index (χ1v) is 11.0. The van der Waals surface area contributed by atoms with Gasteiger partial charge >= 0.3 is 0 Å². The van der Waals surface area contributed by atoms with Crippen LogP contribution in [0.4, 0.5) is 0 Å². The van der Waals surface area contributed by atoms with E-state index in [4.69, 9.17) is 9.53 Å². The van der Waals surface area contributed by atoms with E-state index in [1.165, 1.54) is 16.3 Å². The summed E-state index contributed by atoms with van der Waals surface area (Å²) in [5.74, 6) is 1.08. The molecule has 0 spiro atoms. The van der Waals surface area contributed by atoms with Crippen molar-refractivity contribution in [2.24, 2.45) is 0 Å². The molecule has 0 unspecified atom stereocenters. The summed E-state index contributed by atoms with van der Waals surface area (Å²) in [4.78, 5) is 0. The summed E-state index contributed by atoms with van der Waals surface area (Å²) < 4.78 is 6.34. The van der Waals surface area contributed by atoms with Crippen LogP contribution < -0.4 is 4.43 Å². The Kier molecular flexibility index (Phi) is 5.65. The molecule has 0 bridgehead atoms. The zero-order valence-electron chi connectivity index (χ0n) is 14.2. The topological polar surface area (TPSA) is 29.5 Å². The number of rotatable bonds is 7. The molecule has 2 aromatic rings. The van der Waals surface area contributed by atoms with E-state index in [1.54, 1.807) is 0 Å². The molecule has 0 aromatic heterocycles. The lowest BCUT2D eigenvalue weighted by molar-refractivity contribution is 0.276. The first kappa shape index (κ1) is 17.0. The van der Waals surface area contributed by atoms with Crippen molar-refractivity contribution in [3.05, 3.63) is 42.0 Å². The zero-order valence-corrected chi connectivity index (χ0v) is 15.4. The van der Waals surface area contributed by atoms with Crippen molar-refractivity contribution in [2.45, 2.75) is 51.6 Å². The molecule has 0 aliphatic heterocycles. The Morgan fingerprint density at radius 1 is 1.05 bits per heavy atom. The molecule has 0 aliphatic rings. The van der Waals surface area contributed by atoms with E-state index in [0.717, 1.165) is 25.0 Å². The summed E-state index contributed by atoms with van der Waals surface area (Å²) in [7, 11) is -1.18. The van der Waals surface area contributed by atoms with Gasteiger partial charge in [-0.2, -0.15) is 0 Å². The van der Waals surface area contributed by atoms with E-state index < -0.39 is 9.04 Å². The van der Waals surface area contributed by atoms with Crippen LogP contribution in [0, 0.1) is 0 Å². The number of aliphatic hydroxyl groups is 1. The molecular weight excluding hydrogens is 288 g/mol. The average Bonchev–Trinajstić information content (AvgIpc) is 2.47. The van der Waals surface area contributed by atoms with Crippen LogP contribution >= 0.6 is 0 Å². The van der Waals surface area contributed by atoms with Crippen LogP contribution in [0.25, 0.3) is 10.8 Å². The maximum Gasteiger partial charge on any atom is 0.229 e. The number of benzene rings is 2. The second kappa shape index (κ2) is 7.29. The molecule has 2 rings (SSSR count). The molecule has 120 valence electrons. The molecule has 0 saturated carbocycles. The first-order chi connectivity index (χ1) is 10.5. The van der Waals surface area contributed by atoms with Gasteiger partial charge in [0.15, 0.2) is 0 Å². The third-order valence-electron chi connectivity index (χ3n) is 4.17. The fourth-order valence-corrected chi connectivity index (χ4v) is 3.68. The summed E-state index contributed by atoms with van der Waals surface area (Å²) in [6.07, 6.45) is 2.96. The van der Waals surface area contributed by atoms with Crippen molar-refractivity contribution < 1.29 is 9.53 Å². The molecule has 0 heterocycles. The van der Waals surface area contributed by atoms with Crippen LogP contribution in [0.1, 0.15) is 38.7 Å². The molecule has 0 amide bonds. The summed E-state index contributed by atoms with van der Waals surface area (Å²) in [5.41, 5.74) is 1.35. The molecule has 2 aromatic carbocycles. The Balaban J connectivity index is 2.47. The molecular formula is C19H28O2Si. The van der Waals surface area contributed by atoms with Gasteiger partial charge in [-0.1, -0.05) is 56.7 Å². The minimum Gasteiger partial charge on any atom is -0.546 e. The third-order valence-corrected chi connectivity index (χ3v) is 4.88. The van der Waals surface area contributed by atoms with Crippen molar-refractivity contribution in [2.75, 3.05) is 6.61 Å². The summed E-state index contributed by atoms with van der Waals surface area (Å²) in [6.45, 7) is 9.26. The molecule has 22 heavy (non-hydrogen) atoms. The maximum absolute atomic E-state index is 9.03. The number of fused-ring (bicyclic) bond motifs is 1. The van der Waals surface area contributed by atoms with E-state index in [9.17, 15) is 0 Å². The SMILES string of the molecule is C[SiH](C)Oc1c(C(C)(C)CCCCO)ccc2ccccc12. The van der Waals surface area contributed by atoms with Crippen LogP contribution in [0.2, 0.25) is 13.1 Å². The first-order valence-electron chi connectivity index (χ1n) is 8.25. The fourth-order valence-electron chi connectivity index (χ4n) is 2.95. The van der Waals surface area contributed by atoms with Gasteiger partial charge < -0.3 is 9.53 Å². The monoisotopic (exact) mass is 316 g/mol. The van der Waals surface area contributed by atoms with Gasteiger partial charge in [0.25, 0.3) is 0 Å². The highest BCUT2D eigenvalue weighted by molar-refractivity contribution is 6.49. The molecule has 1 N–H and O–H groups in total. The predicted molar refractivity (Wildman–Crippen MR) is 97.4 cm³/mol. The van der Waals surface area contributed by atoms with Crippen molar-refractivity contribution in [3.63, 3.8) is 0 Å². The summed E-state index contributed by atoms with van der Waals surface area (Å²) in [5, 5.41) is 11.5. The highest BCUT2D eigenvalue weighted by Gasteiger charge is 2.25. The lowest BCUT2D eigenvalue weighted by Crippen LogP contribution is -2.21. The van der Waals surface area contributed by atoms with Gasteiger partial charge in [-0.05, 0) is 42.3 Å². The molecule has 3 heteroatoms. The average molecular weight is 317 g/mol. The second-order valence-electron chi connectivity index (χ2n) is 6.89. The van der Waals surface area contributed by atoms with E-state index in [2.05, 4.69) is 63.3 Å². The Hall–Kier alpha value is -1.32. The number of hydrogen-bond acceptors (Lipinski definition) is 2. The van der Waals surface area contributed by atoms with Gasteiger partial charge in [0, 0.05) is 12.0 Å². The largest absolute Gasteiger partial charge is 0.546 e. The van der Waals surface area contributed by atoms with E-state index in [0.29, 0.717) is 0 Å². The third kappa shape index (κ3) is 3.90. The predicted octanol–water partition coefficient (Wildman–Crippen LogP) is 4.64. The minimum absolute atomic E-state index is 0.0534. The Morgan fingerprint density at radius 3 is 2.45 bits per heavy atom. The van der Waals surface area contributed by atoms with Gasteiger partial charge in [0.2, 0.25) is 9.04 Å². The maximum atomic E-state index is 9.03. The van der Waals surface area contributed by atoms with Crippen LogP contribution in [0.15, 0.2) is 36.4 Å². The molecule has 0 aliphatic carbocycles. The van der Waals surface area contributed by atoms with E-state index in [1.807, 2.05) is 0 Å². The molecule has 0 atom stereocenters. The number of aliphatic hydroxyl groups excluding tert-OH is 1. The van der Waals surface area contributed by atoms with Gasteiger partial charge in [-0.3, -0.25) is 0 Å². The summed E-state index contributed by atoms with van der Waals surface area (Å²) >= 11 is 0. The van der Waals surface area contributed by atoms with E-state index in [-0.39, 0.29) is 12.0 Å². The number of unbranched alkanes of at least 4 members (excludes halogenated alkanes) is 1. The minimum atomic E-state index is -1.18. The summed E-state index contributed by atoms with van der Waals surface area (Å²) in [6, 6.07) is 12.9. The second-order valence-corrected chi connectivity index (χ2v) is 9.23. The Morgan fingerprint density at radius 2 is 1.77 bits per heavy atom. The fraction of sp³-hybridized carbons (Fsp3) is 0.474. The van der Waals surface area contributed by atoms with Gasteiger partial charge in [-0.15, -0.1) is 0 Å². The smallest absolute Gasteiger partial charge is 0.229 e. The molecule has 0 radical (unpaired) electrons. The van der Waals surface area contributed by atoms with Gasteiger partial charge in [0.05, 0.1) is 0 Å². The molecule has 0 saturated heterocycles. The Bertz CT molecular complexity index is 620. The van der Waals surface area contributed by atoms with Crippen LogP contribution in [-0.2, 0) is 5.41 Å². The van der Waals surface area contributed by atoms with Crippen molar-refractivity contribution >= 4 is 19.8 Å². The molecule has 0 fully saturated rings. The highest BCUT2D eigenvalue weighted by Crippen LogP contribution is 2.40. The highest BCUT2D eigenvalue weighted by atomic mass is 28.3. The lowest BCUT2D eigenvalue weighted by Gasteiger charge is -2.29. The normalized spacial score (nSPS) is 12.1. The standard InChI is InChI=1S/C19H28O2Si/c1-19(2,13-7-8-14-20)17-12-11-15-9-5-6-10-16(15)18(17)21-22(3)4/h5-6,9-12,20,22H,7-8,13-14H2,1-4H3. The van der Waals surface area contributed by atoms with Crippen LogP contribution in [0.5, 0.6) is 5.75 Å². The zero-order chi connectivity index (χ0) is 16.2. The van der Waals surface area contributed by atoms with Crippen LogP contribution in [-0.4, -0.2) is 20.8 Å². The quantitative estimate of drug-likeness (QED) is 0.595. The lowest BCUT2D eigenvalue weighted by atomic mass is 9.79. The van der Waals surface area contributed by atoms with E-state index >= 15 is 0 Å². The van der Waals surface area contributed by atoms with Gasteiger partial charge in [0.1, 0.15) is 5.75 Å². The molecule has 2 nitrogen and oxygen atoms in total.